The minimum absolute atomic E-state index is 0.0742. The second-order valence-electron chi connectivity index (χ2n) is 3.62. The van der Waals surface area contributed by atoms with Crippen molar-refractivity contribution in [3.63, 3.8) is 0 Å². The minimum atomic E-state index is -1.13. The highest BCUT2D eigenvalue weighted by Gasteiger charge is 2.10. The normalized spacial score (nSPS) is 9.89. The number of carboxylic acid groups (broad SMARTS) is 1. The number of para-hydroxylation sites is 2. The van der Waals surface area contributed by atoms with Gasteiger partial charge in [-0.3, -0.25) is 4.79 Å². The number of carbonyl (C=O) groups is 2. The van der Waals surface area contributed by atoms with E-state index in [0.29, 0.717) is 23.6 Å². The molecule has 6 nitrogen and oxygen atoms in total. The van der Waals surface area contributed by atoms with Crippen molar-refractivity contribution in [2.45, 2.75) is 6.61 Å². The predicted octanol–water partition coefficient (Wildman–Crippen LogP) is 2.13. The van der Waals surface area contributed by atoms with Crippen LogP contribution in [-0.4, -0.2) is 17.5 Å². The molecule has 0 saturated heterocycles. The summed E-state index contributed by atoms with van der Waals surface area (Å²) in [7, 11) is 0. The number of aromatic carboxylic acids is 1. The summed E-state index contributed by atoms with van der Waals surface area (Å²) in [6, 6.07) is 9.78. The van der Waals surface area contributed by atoms with E-state index in [1.807, 2.05) is 0 Å². The van der Waals surface area contributed by atoms with Crippen molar-refractivity contribution in [2.24, 2.45) is 0 Å². The van der Waals surface area contributed by atoms with Crippen molar-refractivity contribution in [3.05, 3.63) is 47.9 Å². The molecule has 2 N–H and O–H groups in total. The molecule has 2 aromatic rings. The molecule has 98 valence electrons. The van der Waals surface area contributed by atoms with Gasteiger partial charge in [0.2, 0.25) is 12.2 Å². The molecule has 1 aromatic heterocycles. The lowest BCUT2D eigenvalue weighted by Gasteiger charge is -2.08. The lowest BCUT2D eigenvalue weighted by molar-refractivity contribution is -0.105. The first kappa shape index (κ1) is 12.7. The summed E-state index contributed by atoms with van der Waals surface area (Å²) >= 11 is 0. The molecule has 0 saturated carbocycles. The smallest absolute Gasteiger partial charge is 0.371 e. The van der Waals surface area contributed by atoms with E-state index in [1.165, 1.54) is 12.1 Å². The van der Waals surface area contributed by atoms with Gasteiger partial charge in [-0.2, -0.15) is 0 Å². The highest BCUT2D eigenvalue weighted by atomic mass is 16.5. The quantitative estimate of drug-likeness (QED) is 0.777. The van der Waals surface area contributed by atoms with Gasteiger partial charge in [-0.05, 0) is 24.3 Å². The first-order valence-corrected chi connectivity index (χ1v) is 5.44. The zero-order valence-electron chi connectivity index (χ0n) is 9.83. The van der Waals surface area contributed by atoms with Crippen LogP contribution in [0.4, 0.5) is 5.69 Å². The standard InChI is InChI=1S/C13H11NO5/c15-8-14-10-3-1-2-4-11(10)18-7-9-5-6-12(19-9)13(16)17/h1-6,8H,7H2,(H,14,15)(H,16,17). The van der Waals surface area contributed by atoms with E-state index in [9.17, 15) is 9.59 Å². The van der Waals surface area contributed by atoms with Crippen LogP contribution >= 0.6 is 0 Å². The molecule has 0 fully saturated rings. The molecule has 2 rings (SSSR count). The molecule has 1 amide bonds. The largest absolute Gasteiger partial charge is 0.483 e. The molecule has 0 bridgehead atoms. The summed E-state index contributed by atoms with van der Waals surface area (Å²) in [5, 5.41) is 11.2. The molecular weight excluding hydrogens is 250 g/mol. The van der Waals surface area contributed by atoms with Crippen molar-refractivity contribution in [1.82, 2.24) is 0 Å². The number of ether oxygens (including phenoxy) is 1. The number of amides is 1. The Balaban J connectivity index is 2.05. The molecule has 6 heteroatoms. The average Bonchev–Trinajstić information content (AvgIpc) is 2.87. The van der Waals surface area contributed by atoms with Crippen LogP contribution in [0.15, 0.2) is 40.8 Å². The van der Waals surface area contributed by atoms with Gasteiger partial charge >= 0.3 is 5.97 Å². The molecule has 0 unspecified atom stereocenters. The zero-order valence-corrected chi connectivity index (χ0v) is 9.83. The highest BCUT2D eigenvalue weighted by molar-refractivity contribution is 5.84. The van der Waals surface area contributed by atoms with Crippen LogP contribution < -0.4 is 10.1 Å². The van der Waals surface area contributed by atoms with E-state index in [-0.39, 0.29) is 12.4 Å². The number of carboxylic acids is 1. The summed E-state index contributed by atoms with van der Waals surface area (Å²) in [6.07, 6.45) is 0.553. The first-order chi connectivity index (χ1) is 9.20. The van der Waals surface area contributed by atoms with Gasteiger partial charge in [0, 0.05) is 0 Å². The van der Waals surface area contributed by atoms with E-state index >= 15 is 0 Å². The second-order valence-corrected chi connectivity index (χ2v) is 3.62. The van der Waals surface area contributed by atoms with Gasteiger partial charge in [-0.1, -0.05) is 12.1 Å². The van der Waals surface area contributed by atoms with Crippen LogP contribution in [0.3, 0.4) is 0 Å². The third-order valence-electron chi connectivity index (χ3n) is 2.34. The van der Waals surface area contributed by atoms with E-state index in [2.05, 4.69) is 5.32 Å². The summed E-state index contributed by atoms with van der Waals surface area (Å²) in [5.74, 6) is -0.409. The second kappa shape index (κ2) is 5.72. The first-order valence-electron chi connectivity index (χ1n) is 5.44. The Hall–Kier alpha value is -2.76. The monoisotopic (exact) mass is 261 g/mol. The van der Waals surface area contributed by atoms with Crippen LogP contribution in [0.5, 0.6) is 5.75 Å². The van der Waals surface area contributed by atoms with Gasteiger partial charge in [-0.25, -0.2) is 4.79 Å². The number of carbonyl (C=O) groups excluding carboxylic acids is 1. The van der Waals surface area contributed by atoms with Crippen LogP contribution in [0.2, 0.25) is 0 Å². The van der Waals surface area contributed by atoms with Gasteiger partial charge in [0.1, 0.15) is 18.1 Å². The van der Waals surface area contributed by atoms with Gasteiger partial charge in [0.25, 0.3) is 0 Å². The molecule has 0 aliphatic rings. The fraction of sp³-hybridized carbons (Fsp3) is 0.0769. The van der Waals surface area contributed by atoms with Crippen LogP contribution in [-0.2, 0) is 11.4 Å². The van der Waals surface area contributed by atoms with Crippen molar-refractivity contribution in [2.75, 3.05) is 5.32 Å². The van der Waals surface area contributed by atoms with E-state index in [1.54, 1.807) is 24.3 Å². The maximum Gasteiger partial charge on any atom is 0.371 e. The molecular formula is C13H11NO5. The molecule has 19 heavy (non-hydrogen) atoms. The van der Waals surface area contributed by atoms with Crippen molar-refractivity contribution < 1.29 is 23.8 Å². The summed E-state index contributed by atoms with van der Waals surface area (Å²) in [6.45, 7) is 0.0742. The number of benzene rings is 1. The van der Waals surface area contributed by atoms with Crippen molar-refractivity contribution >= 4 is 18.1 Å². The highest BCUT2D eigenvalue weighted by Crippen LogP contribution is 2.24. The Bertz CT molecular complexity index is 590. The topological polar surface area (TPSA) is 88.8 Å². The molecule has 0 aliphatic carbocycles. The Morgan fingerprint density at radius 3 is 2.79 bits per heavy atom. The van der Waals surface area contributed by atoms with E-state index in [0.717, 1.165) is 0 Å². The van der Waals surface area contributed by atoms with Gasteiger partial charge < -0.3 is 19.6 Å². The number of nitrogens with one attached hydrogen (secondary N) is 1. The van der Waals surface area contributed by atoms with E-state index < -0.39 is 5.97 Å². The number of hydrogen-bond donors (Lipinski definition) is 2. The minimum Gasteiger partial charge on any atom is -0.483 e. The predicted molar refractivity (Wildman–Crippen MR) is 66.1 cm³/mol. The average molecular weight is 261 g/mol. The summed E-state index contributed by atoms with van der Waals surface area (Å²) in [4.78, 5) is 21.1. The molecule has 0 radical (unpaired) electrons. The zero-order chi connectivity index (χ0) is 13.7. The number of furan rings is 1. The Labute approximate surface area is 108 Å². The fourth-order valence-electron chi connectivity index (χ4n) is 1.49. The molecule has 1 aromatic carbocycles. The fourth-order valence-corrected chi connectivity index (χ4v) is 1.49. The third-order valence-corrected chi connectivity index (χ3v) is 2.34. The Morgan fingerprint density at radius 1 is 1.32 bits per heavy atom. The van der Waals surface area contributed by atoms with Crippen molar-refractivity contribution in [3.8, 4) is 5.75 Å². The lowest BCUT2D eigenvalue weighted by atomic mass is 10.3. The third kappa shape index (κ3) is 3.12. The maximum atomic E-state index is 10.6. The maximum absolute atomic E-state index is 10.6. The molecule has 0 atom stereocenters. The Kier molecular flexibility index (Phi) is 3.82. The van der Waals surface area contributed by atoms with Gasteiger partial charge in [0.15, 0.2) is 0 Å². The van der Waals surface area contributed by atoms with Crippen molar-refractivity contribution in [1.29, 1.82) is 0 Å². The van der Waals surface area contributed by atoms with Crippen LogP contribution in [0, 0.1) is 0 Å². The molecule has 0 spiro atoms. The number of rotatable bonds is 6. The van der Waals surface area contributed by atoms with Crippen LogP contribution in [0.1, 0.15) is 16.3 Å². The Morgan fingerprint density at radius 2 is 2.11 bits per heavy atom. The lowest BCUT2D eigenvalue weighted by Crippen LogP contribution is -2.00. The van der Waals surface area contributed by atoms with Crippen LogP contribution in [0.25, 0.3) is 0 Å². The van der Waals surface area contributed by atoms with Gasteiger partial charge in [0.05, 0.1) is 5.69 Å². The van der Waals surface area contributed by atoms with Gasteiger partial charge in [-0.15, -0.1) is 0 Å². The molecule has 0 aliphatic heterocycles. The summed E-state index contributed by atoms with van der Waals surface area (Å²) < 4.78 is 10.5. The number of anilines is 1. The molecule has 1 heterocycles. The SMILES string of the molecule is O=CNc1ccccc1OCc1ccc(C(=O)O)o1. The summed E-state index contributed by atoms with van der Waals surface area (Å²) in [5.41, 5.74) is 0.530. The number of hydrogen-bond acceptors (Lipinski definition) is 4. The van der Waals surface area contributed by atoms with E-state index in [4.69, 9.17) is 14.3 Å².